The Morgan fingerprint density at radius 2 is 2.00 bits per heavy atom. The molecule has 2 bridgehead atoms. The van der Waals surface area contributed by atoms with E-state index in [-0.39, 0.29) is 58.2 Å². The van der Waals surface area contributed by atoms with Gasteiger partial charge in [0.2, 0.25) is 0 Å². The molecule has 0 aliphatic heterocycles. The number of H-pyrrole nitrogens is 1. The molecule has 3 aliphatic rings. The zero-order chi connectivity index (χ0) is 22.4. The molecule has 0 spiro atoms. The van der Waals surface area contributed by atoms with Crippen LogP contribution < -0.4 is 5.32 Å². The number of nitriles is 1. The second kappa shape index (κ2) is 7.82. The van der Waals surface area contributed by atoms with E-state index in [9.17, 15) is 18.8 Å². The quantitative estimate of drug-likeness (QED) is 0.598. The number of nitrogens with one attached hydrogen (secondary N) is 2. The van der Waals surface area contributed by atoms with Crippen molar-refractivity contribution in [2.24, 2.45) is 17.8 Å². The zero-order valence-electron chi connectivity index (χ0n) is 17.2. The van der Waals surface area contributed by atoms with Crippen molar-refractivity contribution in [3.8, 4) is 17.5 Å². The van der Waals surface area contributed by atoms with E-state index >= 15 is 0 Å². The number of methoxy groups -OCH3 is 1. The summed E-state index contributed by atoms with van der Waals surface area (Å²) in [5.74, 6) is -1.68. The highest BCUT2D eigenvalue weighted by Crippen LogP contribution is 2.47. The van der Waals surface area contributed by atoms with Gasteiger partial charge in [0.25, 0.3) is 0 Å². The maximum atomic E-state index is 15.0. The van der Waals surface area contributed by atoms with Crippen molar-refractivity contribution in [1.82, 2.24) is 20.2 Å². The molecule has 2 atom stereocenters. The molecule has 3 fully saturated rings. The molecule has 3 saturated carbocycles. The summed E-state index contributed by atoms with van der Waals surface area (Å²) in [7, 11) is 1.36. The Kier molecular flexibility index (Phi) is 4.96. The van der Waals surface area contributed by atoms with Crippen LogP contribution in [0.15, 0.2) is 18.3 Å². The van der Waals surface area contributed by atoms with Crippen molar-refractivity contribution < 1.29 is 18.3 Å². The van der Waals surface area contributed by atoms with E-state index in [2.05, 4.69) is 25.5 Å². The fourth-order valence-corrected chi connectivity index (χ4v) is 5.21. The summed E-state index contributed by atoms with van der Waals surface area (Å²) >= 11 is 0. The number of carbonyl (C=O) groups excluding carboxylic acids is 1. The van der Waals surface area contributed by atoms with Gasteiger partial charge in [-0.25, -0.2) is 18.7 Å². The molecule has 10 heteroatoms. The van der Waals surface area contributed by atoms with Crippen LogP contribution in [0.2, 0.25) is 0 Å². The number of nitrogens with zero attached hydrogens (tertiary/aromatic N) is 4. The molecule has 0 amide bonds. The number of hydrogen-bond acceptors (Lipinski definition) is 7. The van der Waals surface area contributed by atoms with Gasteiger partial charge < -0.3 is 10.1 Å². The topological polar surface area (TPSA) is 117 Å². The van der Waals surface area contributed by atoms with E-state index in [1.807, 2.05) is 6.07 Å². The summed E-state index contributed by atoms with van der Waals surface area (Å²) in [4.78, 5) is 20.8. The number of anilines is 1. The molecule has 32 heavy (non-hydrogen) atoms. The highest BCUT2D eigenvalue weighted by Gasteiger charge is 2.48. The molecule has 0 saturated heterocycles. The summed E-state index contributed by atoms with van der Waals surface area (Å²) in [5.41, 5.74) is 0.613. The number of aromatic nitrogens is 4. The number of carbonyl (C=O) groups is 1. The third-order valence-electron chi connectivity index (χ3n) is 6.71. The maximum Gasteiger partial charge on any atom is 0.311 e. The molecule has 3 aromatic heterocycles. The summed E-state index contributed by atoms with van der Waals surface area (Å²) in [6.07, 6.45) is 4.80. The van der Waals surface area contributed by atoms with Gasteiger partial charge in [-0.2, -0.15) is 10.4 Å². The standard InChI is InChI=1S/C22H20F2N6O2/c1-32-22(31)16-10-2-4-11(5-3-10)17(16)27-21-15(24)6-12(8-25)18(28-21)19-14-7-13(23)9-26-20(14)30-29-19/h6-7,9-11,16-17H,2-5H2,1H3,(H,27,28)(H,26,29,30)/t10?,11?,16-,17?/m0/s1. The number of fused-ring (bicyclic) bond motifs is 4. The minimum absolute atomic E-state index is 0.0301. The number of ether oxygens (including phenoxy) is 1. The van der Waals surface area contributed by atoms with Crippen LogP contribution in [-0.4, -0.2) is 39.3 Å². The van der Waals surface area contributed by atoms with Gasteiger partial charge in [-0.3, -0.25) is 9.89 Å². The van der Waals surface area contributed by atoms with Crippen LogP contribution in [0.4, 0.5) is 14.6 Å². The van der Waals surface area contributed by atoms with Crippen LogP contribution >= 0.6 is 0 Å². The molecule has 3 aromatic rings. The van der Waals surface area contributed by atoms with Gasteiger partial charge in [0.05, 0.1) is 35.9 Å². The van der Waals surface area contributed by atoms with Gasteiger partial charge in [-0.1, -0.05) is 0 Å². The summed E-state index contributed by atoms with van der Waals surface area (Å²) in [5, 5.41) is 19.8. The van der Waals surface area contributed by atoms with Gasteiger partial charge >= 0.3 is 5.97 Å². The second-order valence-electron chi connectivity index (χ2n) is 8.34. The molecule has 0 radical (unpaired) electrons. The number of halogens is 2. The van der Waals surface area contributed by atoms with Crippen LogP contribution in [0.1, 0.15) is 31.2 Å². The number of hydrogen-bond donors (Lipinski definition) is 2. The Morgan fingerprint density at radius 3 is 2.72 bits per heavy atom. The van der Waals surface area contributed by atoms with E-state index in [1.165, 1.54) is 13.2 Å². The lowest BCUT2D eigenvalue weighted by atomic mass is 9.61. The van der Waals surface area contributed by atoms with Crippen LogP contribution in [0.25, 0.3) is 22.4 Å². The van der Waals surface area contributed by atoms with Gasteiger partial charge in [-0.05, 0) is 49.7 Å². The maximum absolute atomic E-state index is 15.0. The monoisotopic (exact) mass is 438 g/mol. The lowest BCUT2D eigenvalue weighted by Crippen LogP contribution is -2.52. The number of rotatable bonds is 4. The molecule has 1 unspecified atom stereocenters. The van der Waals surface area contributed by atoms with Crippen LogP contribution in [0.3, 0.4) is 0 Å². The normalized spacial score (nSPS) is 24.3. The first-order valence-electron chi connectivity index (χ1n) is 10.4. The highest BCUT2D eigenvalue weighted by atomic mass is 19.1. The van der Waals surface area contributed by atoms with Crippen molar-refractivity contribution in [1.29, 1.82) is 5.26 Å². The first-order valence-corrected chi connectivity index (χ1v) is 10.4. The fourth-order valence-electron chi connectivity index (χ4n) is 5.21. The number of pyridine rings is 2. The molecule has 3 heterocycles. The van der Waals surface area contributed by atoms with E-state index in [0.717, 1.165) is 37.9 Å². The van der Waals surface area contributed by atoms with Gasteiger partial charge in [0.1, 0.15) is 17.6 Å². The Morgan fingerprint density at radius 1 is 1.25 bits per heavy atom. The third-order valence-corrected chi connectivity index (χ3v) is 6.71. The summed E-state index contributed by atoms with van der Waals surface area (Å²) in [6, 6.07) is 3.92. The first-order chi connectivity index (χ1) is 15.5. The van der Waals surface area contributed by atoms with E-state index in [4.69, 9.17) is 4.74 Å². The van der Waals surface area contributed by atoms with Crippen LogP contribution in [0, 0.1) is 40.7 Å². The number of aromatic amines is 1. The predicted octanol–water partition coefficient (Wildman–Crippen LogP) is 3.56. The van der Waals surface area contributed by atoms with Gasteiger partial charge in [0, 0.05) is 6.04 Å². The Hall–Kier alpha value is -3.61. The van der Waals surface area contributed by atoms with Crippen LogP contribution in [-0.2, 0) is 9.53 Å². The van der Waals surface area contributed by atoms with Crippen molar-refractivity contribution in [2.75, 3.05) is 12.4 Å². The molecule has 0 aromatic carbocycles. The first kappa shape index (κ1) is 20.3. The molecular weight excluding hydrogens is 418 g/mol. The largest absolute Gasteiger partial charge is 0.469 e. The van der Waals surface area contributed by atoms with Crippen LogP contribution in [0.5, 0.6) is 0 Å². The minimum atomic E-state index is -0.705. The Balaban J connectivity index is 1.57. The lowest BCUT2D eigenvalue weighted by molar-refractivity contribution is -0.152. The average molecular weight is 438 g/mol. The SMILES string of the molecule is COC(=O)[C@H]1C2CCC(CC2)C1Nc1nc(-c2[nH]nc3ncc(F)cc23)c(C#N)cc1F. The Labute approximate surface area is 182 Å². The predicted molar refractivity (Wildman–Crippen MR) is 110 cm³/mol. The van der Waals surface area contributed by atoms with E-state index in [0.29, 0.717) is 5.39 Å². The third kappa shape index (κ3) is 3.25. The van der Waals surface area contributed by atoms with Crippen molar-refractivity contribution in [2.45, 2.75) is 31.7 Å². The number of esters is 1. The van der Waals surface area contributed by atoms with Gasteiger partial charge in [-0.15, -0.1) is 0 Å². The van der Waals surface area contributed by atoms with Crippen molar-refractivity contribution >= 4 is 22.8 Å². The smallest absolute Gasteiger partial charge is 0.311 e. The molecular formula is C22H20F2N6O2. The molecule has 2 N–H and O–H groups in total. The minimum Gasteiger partial charge on any atom is -0.469 e. The lowest BCUT2D eigenvalue weighted by Gasteiger charge is -2.47. The van der Waals surface area contributed by atoms with E-state index < -0.39 is 11.6 Å². The van der Waals surface area contributed by atoms with Gasteiger partial charge in [0.15, 0.2) is 17.3 Å². The molecule has 164 valence electrons. The average Bonchev–Trinajstić information content (AvgIpc) is 3.23. The highest BCUT2D eigenvalue weighted by molar-refractivity contribution is 5.91. The fraction of sp³-hybridized carbons (Fsp3) is 0.409. The summed E-state index contributed by atoms with van der Waals surface area (Å²) in [6.45, 7) is 0. The molecule has 8 nitrogen and oxygen atoms in total. The molecule has 6 rings (SSSR count). The van der Waals surface area contributed by atoms with Crippen molar-refractivity contribution in [3.63, 3.8) is 0 Å². The Bertz CT molecular complexity index is 1250. The van der Waals surface area contributed by atoms with E-state index in [1.54, 1.807) is 0 Å². The van der Waals surface area contributed by atoms with Crippen molar-refractivity contribution in [3.05, 3.63) is 35.5 Å². The second-order valence-corrected chi connectivity index (χ2v) is 8.34. The zero-order valence-corrected chi connectivity index (χ0v) is 17.2. The summed E-state index contributed by atoms with van der Waals surface area (Å²) < 4.78 is 33.8. The molecule has 3 aliphatic carbocycles.